The number of hydrogen-bond donors (Lipinski definition) is 3. The number of imidazole rings is 1. The number of fused-ring (bicyclic) bond motifs is 3. The SMILES string of the molecule is O=C(NC1CC1)c1ccc(-c2cnc3c(NCc4ccn[nH]4)nc4cc(F)c(F)cc4n23)cc1. The van der Waals surface area contributed by atoms with Gasteiger partial charge in [0.15, 0.2) is 23.1 Å². The van der Waals surface area contributed by atoms with Crippen LogP contribution in [0.3, 0.4) is 0 Å². The van der Waals surface area contributed by atoms with Crippen molar-refractivity contribution in [1.82, 2.24) is 29.9 Å². The van der Waals surface area contributed by atoms with Crippen molar-refractivity contribution in [1.29, 1.82) is 0 Å². The highest BCUT2D eigenvalue weighted by atomic mass is 19.2. The standard InChI is InChI=1S/C24H19F2N7O/c25-17-9-19-20(10-18(17)26)33-21(13-1-3-14(4-2-13)24(34)30-15-5-6-15)12-28-23(33)22(31-19)27-11-16-7-8-29-32-16/h1-4,7-10,12,15H,5-6,11H2,(H,27,31)(H,29,32)(H,30,34). The Labute approximate surface area is 192 Å². The summed E-state index contributed by atoms with van der Waals surface area (Å²) in [6.07, 6.45) is 5.32. The van der Waals surface area contributed by atoms with Gasteiger partial charge in [0.1, 0.15) is 0 Å². The number of nitrogens with zero attached hydrogens (tertiary/aromatic N) is 4. The van der Waals surface area contributed by atoms with Crippen LogP contribution in [0.15, 0.2) is 54.9 Å². The van der Waals surface area contributed by atoms with E-state index in [2.05, 4.69) is 30.8 Å². The van der Waals surface area contributed by atoms with E-state index >= 15 is 0 Å². The molecule has 0 unspecified atom stereocenters. The second-order valence-corrected chi connectivity index (χ2v) is 8.28. The zero-order chi connectivity index (χ0) is 23.2. The van der Waals surface area contributed by atoms with Gasteiger partial charge in [0.25, 0.3) is 5.91 Å². The summed E-state index contributed by atoms with van der Waals surface area (Å²) >= 11 is 0. The van der Waals surface area contributed by atoms with Crippen LogP contribution in [0.4, 0.5) is 14.6 Å². The summed E-state index contributed by atoms with van der Waals surface area (Å²) in [4.78, 5) is 21.3. The van der Waals surface area contributed by atoms with Crippen molar-refractivity contribution >= 4 is 28.4 Å². The van der Waals surface area contributed by atoms with Crippen LogP contribution in [0, 0.1) is 11.6 Å². The summed E-state index contributed by atoms with van der Waals surface area (Å²) in [7, 11) is 0. The van der Waals surface area contributed by atoms with Crippen molar-refractivity contribution in [2.75, 3.05) is 5.32 Å². The molecule has 1 saturated carbocycles. The molecule has 3 N–H and O–H groups in total. The van der Waals surface area contributed by atoms with E-state index in [1.165, 1.54) is 0 Å². The Bertz CT molecular complexity index is 1520. The van der Waals surface area contributed by atoms with Gasteiger partial charge in [0, 0.05) is 35.5 Å². The van der Waals surface area contributed by atoms with Crippen molar-refractivity contribution in [2.24, 2.45) is 0 Å². The van der Waals surface area contributed by atoms with E-state index < -0.39 is 11.6 Å². The minimum Gasteiger partial charge on any atom is -0.361 e. The van der Waals surface area contributed by atoms with Crippen molar-refractivity contribution in [3.8, 4) is 11.3 Å². The van der Waals surface area contributed by atoms with Gasteiger partial charge in [-0.25, -0.2) is 18.7 Å². The molecule has 170 valence electrons. The van der Waals surface area contributed by atoms with Crippen molar-refractivity contribution in [2.45, 2.75) is 25.4 Å². The van der Waals surface area contributed by atoms with Crippen LogP contribution in [0.5, 0.6) is 0 Å². The normalized spacial score (nSPS) is 13.5. The van der Waals surface area contributed by atoms with Crippen LogP contribution in [0.1, 0.15) is 28.9 Å². The Balaban J connectivity index is 1.45. The number of rotatable bonds is 6. The highest BCUT2D eigenvalue weighted by molar-refractivity contribution is 5.95. The van der Waals surface area contributed by atoms with Gasteiger partial charge in [-0.1, -0.05) is 12.1 Å². The third kappa shape index (κ3) is 3.62. The minimum atomic E-state index is -0.980. The van der Waals surface area contributed by atoms with Gasteiger partial charge in [-0.2, -0.15) is 5.10 Å². The van der Waals surface area contributed by atoms with Gasteiger partial charge >= 0.3 is 0 Å². The molecular formula is C24H19F2N7O. The molecule has 8 nitrogen and oxygen atoms in total. The van der Waals surface area contributed by atoms with Gasteiger partial charge in [0.2, 0.25) is 0 Å². The summed E-state index contributed by atoms with van der Waals surface area (Å²) in [5, 5.41) is 12.9. The molecular weight excluding hydrogens is 440 g/mol. The largest absolute Gasteiger partial charge is 0.361 e. The summed E-state index contributed by atoms with van der Waals surface area (Å²) in [5.74, 6) is -1.64. The Morgan fingerprint density at radius 1 is 1.12 bits per heavy atom. The molecule has 3 heterocycles. The highest BCUT2D eigenvalue weighted by Gasteiger charge is 2.24. The average Bonchev–Trinajstić information content (AvgIpc) is 3.31. The Morgan fingerprint density at radius 2 is 1.91 bits per heavy atom. The summed E-state index contributed by atoms with van der Waals surface area (Å²) < 4.78 is 30.0. The lowest BCUT2D eigenvalue weighted by Crippen LogP contribution is -2.25. The number of amides is 1. The number of benzene rings is 2. The smallest absolute Gasteiger partial charge is 0.251 e. The van der Waals surface area contributed by atoms with Crippen LogP contribution >= 0.6 is 0 Å². The first-order chi connectivity index (χ1) is 16.6. The highest BCUT2D eigenvalue weighted by Crippen LogP contribution is 2.30. The number of aromatic nitrogens is 5. The van der Waals surface area contributed by atoms with E-state index in [1.54, 1.807) is 28.9 Å². The molecule has 0 atom stereocenters. The van der Waals surface area contributed by atoms with Crippen LogP contribution < -0.4 is 10.6 Å². The molecule has 2 aromatic carbocycles. The van der Waals surface area contributed by atoms with Crippen LogP contribution in [-0.2, 0) is 6.54 Å². The predicted octanol–water partition coefficient (Wildman–Crippen LogP) is 4.06. The predicted molar refractivity (Wildman–Crippen MR) is 122 cm³/mol. The van der Waals surface area contributed by atoms with Crippen LogP contribution in [0.2, 0.25) is 0 Å². The maximum atomic E-state index is 14.2. The van der Waals surface area contributed by atoms with Gasteiger partial charge in [-0.05, 0) is 31.0 Å². The zero-order valence-electron chi connectivity index (χ0n) is 17.8. The molecule has 1 fully saturated rings. The van der Waals surface area contributed by atoms with E-state index in [0.29, 0.717) is 34.8 Å². The first-order valence-electron chi connectivity index (χ1n) is 10.9. The third-order valence-corrected chi connectivity index (χ3v) is 5.82. The quantitative estimate of drug-likeness (QED) is 0.356. The molecule has 1 aliphatic rings. The second kappa shape index (κ2) is 7.91. The number of carbonyl (C=O) groups is 1. The lowest BCUT2D eigenvalue weighted by atomic mass is 10.1. The number of aromatic amines is 1. The summed E-state index contributed by atoms with van der Waals surface area (Å²) in [6.45, 7) is 0.394. The van der Waals surface area contributed by atoms with Crippen molar-refractivity contribution in [3.63, 3.8) is 0 Å². The van der Waals surface area contributed by atoms with Crippen molar-refractivity contribution in [3.05, 3.63) is 77.8 Å². The Hall–Kier alpha value is -4.34. The molecule has 5 aromatic rings. The summed E-state index contributed by atoms with van der Waals surface area (Å²) in [5.41, 5.74) is 3.94. The molecule has 0 saturated heterocycles. The Morgan fingerprint density at radius 3 is 2.65 bits per heavy atom. The molecule has 0 radical (unpaired) electrons. The van der Waals surface area contributed by atoms with Crippen LogP contribution in [-0.4, -0.2) is 36.5 Å². The van der Waals surface area contributed by atoms with E-state index in [4.69, 9.17) is 0 Å². The average molecular weight is 459 g/mol. The molecule has 1 amide bonds. The zero-order valence-corrected chi connectivity index (χ0v) is 17.8. The van der Waals surface area contributed by atoms with E-state index in [9.17, 15) is 13.6 Å². The molecule has 10 heteroatoms. The van der Waals surface area contributed by atoms with Crippen molar-refractivity contribution < 1.29 is 13.6 Å². The van der Waals surface area contributed by atoms with Gasteiger partial charge in [-0.15, -0.1) is 0 Å². The van der Waals surface area contributed by atoms with Gasteiger partial charge in [0.05, 0.1) is 35.2 Å². The number of H-pyrrole nitrogens is 1. The second-order valence-electron chi connectivity index (χ2n) is 8.28. The fraction of sp³-hybridized carbons (Fsp3) is 0.167. The van der Waals surface area contributed by atoms with E-state index in [1.807, 2.05) is 18.2 Å². The molecule has 34 heavy (non-hydrogen) atoms. The molecule has 0 spiro atoms. The number of anilines is 1. The summed E-state index contributed by atoms with van der Waals surface area (Å²) in [6, 6.07) is 11.4. The fourth-order valence-electron chi connectivity index (χ4n) is 3.90. The Kier molecular flexibility index (Phi) is 4.72. The monoisotopic (exact) mass is 459 g/mol. The lowest BCUT2D eigenvalue weighted by Gasteiger charge is -2.12. The van der Waals surface area contributed by atoms with E-state index in [0.717, 1.165) is 36.2 Å². The van der Waals surface area contributed by atoms with Crippen LogP contribution in [0.25, 0.3) is 27.9 Å². The van der Waals surface area contributed by atoms with Gasteiger partial charge < -0.3 is 10.6 Å². The first kappa shape index (κ1) is 20.3. The lowest BCUT2D eigenvalue weighted by molar-refractivity contribution is 0.0951. The number of hydrogen-bond acceptors (Lipinski definition) is 5. The van der Waals surface area contributed by atoms with E-state index in [-0.39, 0.29) is 17.5 Å². The first-order valence-corrected chi connectivity index (χ1v) is 10.9. The molecule has 0 bridgehead atoms. The maximum absolute atomic E-state index is 14.2. The molecule has 1 aliphatic carbocycles. The number of halogens is 2. The third-order valence-electron chi connectivity index (χ3n) is 5.82. The topological polar surface area (TPSA) is 100 Å². The number of nitrogens with one attached hydrogen (secondary N) is 3. The molecule has 3 aromatic heterocycles. The van der Waals surface area contributed by atoms with Gasteiger partial charge in [-0.3, -0.25) is 14.3 Å². The number of carbonyl (C=O) groups excluding carboxylic acids is 1. The minimum absolute atomic E-state index is 0.107. The fourth-order valence-corrected chi connectivity index (χ4v) is 3.90. The maximum Gasteiger partial charge on any atom is 0.251 e. The molecule has 6 rings (SSSR count). The molecule has 0 aliphatic heterocycles.